The molecule has 1 aromatic carbocycles. The van der Waals surface area contributed by atoms with E-state index in [1.807, 2.05) is 0 Å². The number of aromatic nitrogens is 2. The number of halogens is 3. The van der Waals surface area contributed by atoms with Gasteiger partial charge in [0.1, 0.15) is 18.2 Å². The number of piperidine rings is 1. The third kappa shape index (κ3) is 6.96. The van der Waals surface area contributed by atoms with E-state index in [2.05, 4.69) is 19.9 Å². The van der Waals surface area contributed by atoms with Crippen molar-refractivity contribution in [2.24, 2.45) is 5.16 Å². The van der Waals surface area contributed by atoms with E-state index in [4.69, 9.17) is 14.3 Å². The Morgan fingerprint density at radius 1 is 1.15 bits per heavy atom. The maximum Gasteiger partial charge on any atom is 0.573 e. The van der Waals surface area contributed by atoms with E-state index in [1.165, 1.54) is 30.6 Å². The fraction of sp³-hybridized carbons (Fsp3) is 0.455. The van der Waals surface area contributed by atoms with Gasteiger partial charge in [0.05, 0.1) is 17.9 Å². The van der Waals surface area contributed by atoms with Crippen molar-refractivity contribution in [3.63, 3.8) is 0 Å². The molecule has 0 saturated carbocycles. The van der Waals surface area contributed by atoms with E-state index >= 15 is 0 Å². The Bertz CT molecular complexity index is 1010. The van der Waals surface area contributed by atoms with Gasteiger partial charge in [0.25, 0.3) is 5.88 Å². The molecule has 2 heterocycles. The summed E-state index contributed by atoms with van der Waals surface area (Å²) in [5.74, 6) is 0.206. The molecular weight excluding hydrogens is 457 g/mol. The molecule has 3 rings (SSSR count). The number of carbonyl (C=O) groups is 1. The predicted octanol–water partition coefficient (Wildman–Crippen LogP) is 4.49. The van der Waals surface area contributed by atoms with Gasteiger partial charge in [-0.2, -0.15) is 4.98 Å². The zero-order chi connectivity index (χ0) is 24.7. The van der Waals surface area contributed by atoms with Gasteiger partial charge in [0, 0.05) is 25.9 Å². The van der Waals surface area contributed by atoms with Crippen molar-refractivity contribution in [3.8, 4) is 17.5 Å². The zero-order valence-corrected chi connectivity index (χ0v) is 19.0. The normalized spacial score (nSPS) is 15.1. The lowest BCUT2D eigenvalue weighted by molar-refractivity contribution is -0.274. The Kier molecular flexibility index (Phi) is 8.13. The minimum Gasteiger partial charge on any atom is -0.474 e. The van der Waals surface area contributed by atoms with Crippen LogP contribution in [-0.2, 0) is 4.74 Å². The molecule has 0 aliphatic carbocycles. The van der Waals surface area contributed by atoms with Crippen LogP contribution in [0.5, 0.6) is 17.5 Å². The third-order valence-corrected chi connectivity index (χ3v) is 5.01. The van der Waals surface area contributed by atoms with Gasteiger partial charge in [-0.3, -0.25) is 0 Å². The van der Waals surface area contributed by atoms with E-state index in [9.17, 15) is 18.0 Å². The minimum atomic E-state index is -4.75. The number of rotatable bonds is 7. The van der Waals surface area contributed by atoms with Gasteiger partial charge >= 0.3 is 12.5 Å². The molecule has 9 nitrogen and oxygen atoms in total. The molecule has 34 heavy (non-hydrogen) atoms. The van der Waals surface area contributed by atoms with Gasteiger partial charge in [-0.05, 0) is 50.6 Å². The van der Waals surface area contributed by atoms with Crippen LogP contribution in [0.2, 0.25) is 0 Å². The molecule has 0 unspecified atom stereocenters. The number of nitrogens with zero attached hydrogens (tertiary/aromatic N) is 4. The van der Waals surface area contributed by atoms with Gasteiger partial charge in [-0.25, -0.2) is 9.78 Å². The first kappa shape index (κ1) is 25.1. The maximum absolute atomic E-state index is 12.3. The number of benzene rings is 1. The standard InChI is InChI=1S/C22H25F3N4O5/c1-4-31-21(30)29-11-9-17(10-12-29)32-19-14(2)20(27-13-26-19)34-28-15(3)16-5-7-18(8-6-16)33-22(23,24)25/h5-8,13,17H,4,9-12H2,1-3H3. The highest BCUT2D eigenvalue weighted by Crippen LogP contribution is 2.26. The van der Waals surface area contributed by atoms with Crippen LogP contribution in [-0.4, -0.2) is 58.8 Å². The maximum atomic E-state index is 12.3. The summed E-state index contributed by atoms with van der Waals surface area (Å²) in [6.45, 7) is 6.51. The Morgan fingerprint density at radius 2 is 1.79 bits per heavy atom. The fourth-order valence-corrected chi connectivity index (χ4v) is 3.22. The summed E-state index contributed by atoms with van der Waals surface area (Å²) in [7, 11) is 0. The number of oxime groups is 1. The van der Waals surface area contributed by atoms with Crippen LogP contribution in [0.15, 0.2) is 35.7 Å². The number of alkyl halides is 3. The third-order valence-electron chi connectivity index (χ3n) is 5.01. The fourth-order valence-electron chi connectivity index (χ4n) is 3.22. The first-order valence-electron chi connectivity index (χ1n) is 10.6. The quantitative estimate of drug-likeness (QED) is 0.424. The molecular formula is C22H25F3N4O5. The van der Waals surface area contributed by atoms with Crippen LogP contribution in [0, 0.1) is 6.92 Å². The van der Waals surface area contributed by atoms with E-state index in [-0.39, 0.29) is 23.8 Å². The molecule has 1 fully saturated rings. The Morgan fingerprint density at radius 3 is 2.41 bits per heavy atom. The summed E-state index contributed by atoms with van der Waals surface area (Å²) in [6.07, 6.45) is -2.66. The minimum absolute atomic E-state index is 0.130. The topological polar surface area (TPSA) is 95.4 Å². The smallest absolute Gasteiger partial charge is 0.474 e. The molecule has 0 N–H and O–H groups in total. The van der Waals surface area contributed by atoms with Crippen molar-refractivity contribution >= 4 is 11.8 Å². The summed E-state index contributed by atoms with van der Waals surface area (Å²) in [6, 6.07) is 5.26. The van der Waals surface area contributed by atoms with Crippen molar-refractivity contribution in [2.45, 2.75) is 46.1 Å². The number of likely N-dealkylation sites (tertiary alicyclic amines) is 1. The number of ether oxygens (including phenoxy) is 3. The van der Waals surface area contributed by atoms with Crippen molar-refractivity contribution < 1.29 is 37.0 Å². The van der Waals surface area contributed by atoms with Gasteiger partial charge in [0.2, 0.25) is 5.88 Å². The van der Waals surface area contributed by atoms with E-state index < -0.39 is 6.36 Å². The molecule has 12 heteroatoms. The van der Waals surface area contributed by atoms with Crippen LogP contribution in [0.25, 0.3) is 0 Å². The van der Waals surface area contributed by atoms with Gasteiger partial charge in [-0.15, -0.1) is 13.2 Å². The lowest BCUT2D eigenvalue weighted by Gasteiger charge is -2.31. The van der Waals surface area contributed by atoms with Crippen molar-refractivity contribution in [2.75, 3.05) is 19.7 Å². The van der Waals surface area contributed by atoms with Gasteiger partial charge in [-0.1, -0.05) is 5.16 Å². The number of hydrogen-bond donors (Lipinski definition) is 0. The summed E-state index contributed by atoms with van der Waals surface area (Å²) >= 11 is 0. The highest BCUT2D eigenvalue weighted by atomic mass is 19.4. The van der Waals surface area contributed by atoms with Crippen LogP contribution < -0.4 is 14.3 Å². The van der Waals surface area contributed by atoms with E-state index in [0.29, 0.717) is 55.3 Å². The summed E-state index contributed by atoms with van der Waals surface area (Å²) in [5, 5.41) is 4.01. The molecule has 184 valence electrons. The lowest BCUT2D eigenvalue weighted by Crippen LogP contribution is -2.42. The first-order valence-corrected chi connectivity index (χ1v) is 10.6. The molecule has 1 saturated heterocycles. The SMILES string of the molecule is CCOC(=O)N1CCC(Oc2ncnc(ON=C(C)c3ccc(OC(F)(F)F)cc3)c2C)CC1. The molecule has 1 aromatic heterocycles. The molecule has 0 radical (unpaired) electrons. The molecule has 2 aromatic rings. The van der Waals surface area contributed by atoms with Gasteiger partial charge in [0.15, 0.2) is 0 Å². The van der Waals surface area contributed by atoms with Crippen molar-refractivity contribution in [1.29, 1.82) is 0 Å². The molecule has 0 atom stereocenters. The monoisotopic (exact) mass is 482 g/mol. The second kappa shape index (κ2) is 11.0. The molecule has 1 amide bonds. The largest absolute Gasteiger partial charge is 0.573 e. The molecule has 0 bridgehead atoms. The summed E-state index contributed by atoms with van der Waals surface area (Å²) in [4.78, 5) is 27.2. The lowest BCUT2D eigenvalue weighted by atomic mass is 10.1. The van der Waals surface area contributed by atoms with Gasteiger partial charge < -0.3 is 23.9 Å². The zero-order valence-electron chi connectivity index (χ0n) is 19.0. The number of carbonyl (C=O) groups excluding carboxylic acids is 1. The highest BCUT2D eigenvalue weighted by molar-refractivity contribution is 5.98. The van der Waals surface area contributed by atoms with Crippen molar-refractivity contribution in [1.82, 2.24) is 14.9 Å². The average molecular weight is 482 g/mol. The average Bonchev–Trinajstić information content (AvgIpc) is 2.79. The summed E-state index contributed by atoms with van der Waals surface area (Å²) < 4.78 is 51.8. The second-order valence-corrected chi connectivity index (χ2v) is 7.45. The Hall–Kier alpha value is -3.57. The first-order chi connectivity index (χ1) is 16.2. The highest BCUT2D eigenvalue weighted by Gasteiger charge is 2.31. The summed E-state index contributed by atoms with van der Waals surface area (Å²) in [5.41, 5.74) is 1.51. The van der Waals surface area contributed by atoms with Crippen LogP contribution in [0.3, 0.4) is 0 Å². The molecule has 1 aliphatic heterocycles. The second-order valence-electron chi connectivity index (χ2n) is 7.45. The Labute approximate surface area is 194 Å². The van der Waals surface area contributed by atoms with Crippen LogP contribution >= 0.6 is 0 Å². The van der Waals surface area contributed by atoms with Crippen LogP contribution in [0.4, 0.5) is 18.0 Å². The van der Waals surface area contributed by atoms with E-state index in [1.54, 1.807) is 25.7 Å². The molecule has 0 spiro atoms. The predicted molar refractivity (Wildman–Crippen MR) is 115 cm³/mol. The Balaban J connectivity index is 1.59. The number of hydrogen-bond acceptors (Lipinski definition) is 8. The number of amides is 1. The van der Waals surface area contributed by atoms with Crippen LogP contribution in [0.1, 0.15) is 37.8 Å². The van der Waals surface area contributed by atoms with Crippen molar-refractivity contribution in [3.05, 3.63) is 41.7 Å². The molecule has 1 aliphatic rings. The van der Waals surface area contributed by atoms with E-state index in [0.717, 1.165) is 0 Å².